The summed E-state index contributed by atoms with van der Waals surface area (Å²) in [5.41, 5.74) is 2.21. The second kappa shape index (κ2) is 9.40. The summed E-state index contributed by atoms with van der Waals surface area (Å²) >= 11 is 0. The van der Waals surface area contributed by atoms with Gasteiger partial charge in [0.25, 0.3) is 0 Å². The monoisotopic (exact) mass is 456 g/mol. The first-order valence-electron chi connectivity index (χ1n) is 9.02. The molecule has 0 saturated carbocycles. The highest BCUT2D eigenvalue weighted by molar-refractivity contribution is 14.0. The average Bonchev–Trinajstić information content (AvgIpc) is 3.02. The number of anilines is 1. The summed E-state index contributed by atoms with van der Waals surface area (Å²) in [6.07, 6.45) is 4.19. The maximum Gasteiger partial charge on any atom is 0.227 e. The van der Waals surface area contributed by atoms with Gasteiger partial charge in [-0.25, -0.2) is 0 Å². The fourth-order valence-electron chi connectivity index (χ4n) is 3.61. The van der Waals surface area contributed by atoms with Crippen LogP contribution in [0.2, 0.25) is 0 Å². The number of amides is 1. The van der Waals surface area contributed by atoms with E-state index in [1.54, 1.807) is 0 Å². The van der Waals surface area contributed by atoms with Gasteiger partial charge in [0.1, 0.15) is 0 Å². The van der Waals surface area contributed by atoms with E-state index in [1.807, 2.05) is 24.1 Å². The Morgan fingerprint density at radius 1 is 1.24 bits per heavy atom. The Balaban J connectivity index is 0.00000225. The molecule has 2 fully saturated rings. The number of hydrogen-bond acceptors (Lipinski definition) is 2. The molecule has 1 unspecified atom stereocenters. The van der Waals surface area contributed by atoms with Gasteiger partial charge >= 0.3 is 0 Å². The number of carbonyl (C=O) groups excluding carboxylic acids is 1. The van der Waals surface area contributed by atoms with Crippen LogP contribution in [0.25, 0.3) is 0 Å². The average molecular weight is 456 g/mol. The minimum absolute atomic E-state index is 0. The smallest absolute Gasteiger partial charge is 0.227 e. The molecule has 1 N–H and O–H groups in total. The van der Waals surface area contributed by atoms with Gasteiger partial charge in [0, 0.05) is 45.3 Å². The van der Waals surface area contributed by atoms with Gasteiger partial charge in [-0.05, 0) is 42.9 Å². The molecule has 2 aliphatic heterocycles. The van der Waals surface area contributed by atoms with E-state index in [4.69, 9.17) is 0 Å². The number of nitrogens with zero attached hydrogens (tertiary/aromatic N) is 3. The zero-order chi connectivity index (χ0) is 16.9. The third-order valence-corrected chi connectivity index (χ3v) is 4.94. The Kier molecular flexibility index (Phi) is 7.53. The summed E-state index contributed by atoms with van der Waals surface area (Å²) in [5.74, 6) is 1.95. The number of piperidine rings is 1. The quantitative estimate of drug-likeness (QED) is 0.432. The van der Waals surface area contributed by atoms with Gasteiger partial charge in [-0.15, -0.1) is 24.0 Å². The molecule has 0 aromatic heterocycles. The van der Waals surface area contributed by atoms with Crippen LogP contribution >= 0.6 is 24.0 Å². The Labute approximate surface area is 167 Å². The SMILES string of the molecule is CN=C(NCc1ccc(N2CCCC2=O)cc1)N1CCCC(C)C1.I. The number of rotatable bonds is 3. The van der Waals surface area contributed by atoms with E-state index in [0.717, 1.165) is 50.2 Å². The molecule has 2 saturated heterocycles. The van der Waals surface area contributed by atoms with Crippen LogP contribution in [0.4, 0.5) is 5.69 Å². The minimum atomic E-state index is 0. The lowest BCUT2D eigenvalue weighted by atomic mass is 10.0. The predicted molar refractivity (Wildman–Crippen MR) is 114 cm³/mol. The van der Waals surface area contributed by atoms with Crippen LogP contribution in [0.15, 0.2) is 29.3 Å². The van der Waals surface area contributed by atoms with Crippen molar-refractivity contribution in [2.24, 2.45) is 10.9 Å². The largest absolute Gasteiger partial charge is 0.352 e. The molecule has 0 radical (unpaired) electrons. The summed E-state index contributed by atoms with van der Waals surface area (Å²) in [6.45, 7) is 6.06. The summed E-state index contributed by atoms with van der Waals surface area (Å²) < 4.78 is 0. The van der Waals surface area contributed by atoms with Crippen molar-refractivity contribution in [2.75, 3.05) is 31.6 Å². The Morgan fingerprint density at radius 2 is 2.00 bits per heavy atom. The maximum absolute atomic E-state index is 11.8. The normalized spacial score (nSPS) is 21.3. The highest BCUT2D eigenvalue weighted by Gasteiger charge is 2.21. The number of halogens is 1. The van der Waals surface area contributed by atoms with Crippen molar-refractivity contribution in [2.45, 2.75) is 39.2 Å². The number of nitrogens with one attached hydrogen (secondary N) is 1. The third-order valence-electron chi connectivity index (χ3n) is 4.94. The van der Waals surface area contributed by atoms with Crippen molar-refractivity contribution < 1.29 is 4.79 Å². The molecule has 3 rings (SSSR count). The van der Waals surface area contributed by atoms with E-state index in [0.29, 0.717) is 6.42 Å². The summed E-state index contributed by atoms with van der Waals surface area (Å²) in [6, 6.07) is 8.29. The van der Waals surface area contributed by atoms with E-state index >= 15 is 0 Å². The molecule has 6 heteroatoms. The van der Waals surface area contributed by atoms with Crippen LogP contribution in [-0.4, -0.2) is 43.4 Å². The summed E-state index contributed by atoms with van der Waals surface area (Å²) in [4.78, 5) is 20.5. The summed E-state index contributed by atoms with van der Waals surface area (Å²) in [7, 11) is 1.85. The lowest BCUT2D eigenvalue weighted by Gasteiger charge is -2.33. The van der Waals surface area contributed by atoms with Crippen LogP contribution < -0.4 is 10.2 Å². The first-order valence-corrected chi connectivity index (χ1v) is 9.02. The lowest BCUT2D eigenvalue weighted by molar-refractivity contribution is -0.117. The van der Waals surface area contributed by atoms with Gasteiger partial charge in [0.05, 0.1) is 0 Å². The molecular weight excluding hydrogens is 427 g/mol. The van der Waals surface area contributed by atoms with E-state index in [9.17, 15) is 4.79 Å². The van der Waals surface area contributed by atoms with Gasteiger partial charge in [0.2, 0.25) is 5.91 Å². The predicted octanol–water partition coefficient (Wildman–Crippen LogP) is 3.24. The van der Waals surface area contributed by atoms with E-state index in [2.05, 4.69) is 34.3 Å². The van der Waals surface area contributed by atoms with E-state index < -0.39 is 0 Å². The van der Waals surface area contributed by atoms with Crippen molar-refractivity contribution in [1.82, 2.24) is 10.2 Å². The number of hydrogen-bond donors (Lipinski definition) is 1. The number of benzene rings is 1. The van der Waals surface area contributed by atoms with Gasteiger partial charge < -0.3 is 15.1 Å². The van der Waals surface area contributed by atoms with Gasteiger partial charge in [-0.3, -0.25) is 9.79 Å². The molecule has 2 heterocycles. The van der Waals surface area contributed by atoms with Crippen molar-refractivity contribution >= 4 is 41.5 Å². The molecule has 0 spiro atoms. The van der Waals surface area contributed by atoms with Gasteiger partial charge in [-0.2, -0.15) is 0 Å². The molecule has 2 aliphatic rings. The highest BCUT2D eigenvalue weighted by Crippen LogP contribution is 2.21. The van der Waals surface area contributed by atoms with Crippen molar-refractivity contribution in [1.29, 1.82) is 0 Å². The topological polar surface area (TPSA) is 47.9 Å². The third kappa shape index (κ3) is 5.09. The van der Waals surface area contributed by atoms with Crippen LogP contribution in [-0.2, 0) is 11.3 Å². The Morgan fingerprint density at radius 3 is 2.60 bits per heavy atom. The summed E-state index contributed by atoms with van der Waals surface area (Å²) in [5, 5.41) is 3.47. The zero-order valence-corrected chi connectivity index (χ0v) is 17.5. The van der Waals surface area contributed by atoms with E-state index in [1.165, 1.54) is 18.4 Å². The molecule has 1 aromatic rings. The van der Waals surface area contributed by atoms with Crippen LogP contribution in [0, 0.1) is 5.92 Å². The van der Waals surface area contributed by atoms with Gasteiger partial charge in [-0.1, -0.05) is 19.1 Å². The lowest BCUT2D eigenvalue weighted by Crippen LogP contribution is -2.45. The molecule has 1 atom stereocenters. The molecule has 1 aromatic carbocycles. The molecular formula is C19H29IN4O. The molecule has 25 heavy (non-hydrogen) atoms. The Bertz CT molecular complexity index is 602. The van der Waals surface area contributed by atoms with Gasteiger partial charge in [0.15, 0.2) is 5.96 Å². The number of likely N-dealkylation sites (tertiary alicyclic amines) is 1. The molecule has 0 bridgehead atoms. The highest BCUT2D eigenvalue weighted by atomic mass is 127. The standard InChI is InChI=1S/C19H28N4O.HI/c1-15-5-3-11-22(14-15)19(20-2)21-13-16-7-9-17(10-8-16)23-12-4-6-18(23)24;/h7-10,15H,3-6,11-14H2,1-2H3,(H,20,21);1H. The fourth-order valence-corrected chi connectivity index (χ4v) is 3.61. The second-order valence-corrected chi connectivity index (χ2v) is 6.91. The van der Waals surface area contributed by atoms with Crippen molar-refractivity contribution in [3.63, 3.8) is 0 Å². The molecule has 5 nitrogen and oxygen atoms in total. The maximum atomic E-state index is 11.8. The van der Waals surface area contributed by atoms with E-state index in [-0.39, 0.29) is 29.9 Å². The number of carbonyl (C=O) groups is 1. The molecule has 138 valence electrons. The number of guanidine groups is 1. The first-order chi connectivity index (χ1) is 11.7. The van der Waals surface area contributed by atoms with Crippen LogP contribution in [0.1, 0.15) is 38.2 Å². The fraction of sp³-hybridized carbons (Fsp3) is 0.579. The minimum Gasteiger partial charge on any atom is -0.352 e. The molecule has 1 amide bonds. The molecule has 0 aliphatic carbocycles. The second-order valence-electron chi connectivity index (χ2n) is 6.91. The van der Waals surface area contributed by atoms with Crippen LogP contribution in [0.3, 0.4) is 0 Å². The zero-order valence-electron chi connectivity index (χ0n) is 15.2. The van der Waals surface area contributed by atoms with Crippen LogP contribution in [0.5, 0.6) is 0 Å². The first kappa shape index (κ1) is 20.0. The number of aliphatic imine (C=N–C) groups is 1. The van der Waals surface area contributed by atoms with Crippen molar-refractivity contribution in [3.8, 4) is 0 Å². The Hall–Kier alpha value is -1.31. The van der Waals surface area contributed by atoms with Crippen molar-refractivity contribution in [3.05, 3.63) is 29.8 Å².